The molecule has 4 rings (SSSR count). The van der Waals surface area contributed by atoms with E-state index < -0.39 is 0 Å². The van der Waals surface area contributed by atoms with Gasteiger partial charge in [-0.2, -0.15) is 0 Å². The molecule has 1 aromatic carbocycles. The third-order valence-electron chi connectivity index (χ3n) is 7.06. The summed E-state index contributed by atoms with van der Waals surface area (Å²) >= 11 is 0. The first-order valence-electron chi connectivity index (χ1n) is 10.3. The fraction of sp³-hybridized carbons (Fsp3) is 0.727. The van der Waals surface area contributed by atoms with E-state index in [9.17, 15) is 0 Å². The summed E-state index contributed by atoms with van der Waals surface area (Å²) in [4.78, 5) is 5.54. The van der Waals surface area contributed by atoms with E-state index in [1.54, 1.807) is 5.56 Å². The maximum absolute atomic E-state index is 2.83. The standard InChI is InChI=1S/C22H34N2/c1-17(2)18-7-9-20(10-8-18)23-14-12-21(13-15-23)24-16-11-19-5-3-4-6-22(19)24/h3-6,17-18,20-21H,7-16H2,1-2H3/t18-,20+. The van der Waals surface area contributed by atoms with Crippen LogP contribution >= 0.6 is 0 Å². The van der Waals surface area contributed by atoms with Crippen LogP contribution < -0.4 is 4.90 Å². The van der Waals surface area contributed by atoms with E-state index >= 15 is 0 Å². The Bertz CT molecular complexity index is 537. The normalized spacial score (nSPS) is 29.2. The zero-order valence-electron chi connectivity index (χ0n) is 15.6. The second kappa shape index (κ2) is 7.07. The molecule has 0 atom stereocenters. The quantitative estimate of drug-likeness (QED) is 0.792. The summed E-state index contributed by atoms with van der Waals surface area (Å²) in [5, 5.41) is 0. The topological polar surface area (TPSA) is 6.48 Å². The van der Waals surface area contributed by atoms with Crippen LogP contribution in [0.15, 0.2) is 24.3 Å². The average Bonchev–Trinajstić information content (AvgIpc) is 3.06. The molecule has 2 nitrogen and oxygen atoms in total. The zero-order valence-corrected chi connectivity index (χ0v) is 15.6. The van der Waals surface area contributed by atoms with Gasteiger partial charge >= 0.3 is 0 Å². The van der Waals surface area contributed by atoms with Gasteiger partial charge in [0.05, 0.1) is 0 Å². The summed E-state index contributed by atoms with van der Waals surface area (Å²) in [6.07, 6.45) is 9.77. The molecule has 0 radical (unpaired) electrons. The highest BCUT2D eigenvalue weighted by atomic mass is 15.2. The largest absolute Gasteiger partial charge is 0.368 e. The van der Waals surface area contributed by atoms with Gasteiger partial charge in [-0.05, 0) is 68.4 Å². The first-order chi connectivity index (χ1) is 11.7. The van der Waals surface area contributed by atoms with E-state index in [-0.39, 0.29) is 0 Å². The monoisotopic (exact) mass is 326 g/mol. The molecule has 3 aliphatic rings. The highest BCUT2D eigenvalue weighted by molar-refractivity contribution is 5.58. The van der Waals surface area contributed by atoms with E-state index in [2.05, 4.69) is 47.9 Å². The average molecular weight is 327 g/mol. The van der Waals surface area contributed by atoms with Crippen LogP contribution in [0.5, 0.6) is 0 Å². The summed E-state index contributed by atoms with van der Waals surface area (Å²) in [7, 11) is 0. The van der Waals surface area contributed by atoms with Crippen molar-refractivity contribution in [3.05, 3.63) is 29.8 Å². The van der Waals surface area contributed by atoms with Crippen LogP contribution in [0.3, 0.4) is 0 Å². The lowest BCUT2D eigenvalue weighted by Crippen LogP contribution is -2.48. The number of rotatable bonds is 3. The van der Waals surface area contributed by atoms with Crippen molar-refractivity contribution in [3.8, 4) is 0 Å². The highest BCUT2D eigenvalue weighted by Gasteiger charge is 2.33. The lowest BCUT2D eigenvalue weighted by atomic mass is 9.79. The maximum atomic E-state index is 2.83. The van der Waals surface area contributed by atoms with Gasteiger partial charge in [0.25, 0.3) is 0 Å². The Morgan fingerprint density at radius 3 is 2.25 bits per heavy atom. The van der Waals surface area contributed by atoms with Crippen molar-refractivity contribution in [2.24, 2.45) is 11.8 Å². The lowest BCUT2D eigenvalue weighted by Gasteiger charge is -2.43. The van der Waals surface area contributed by atoms with E-state index in [0.717, 1.165) is 23.9 Å². The van der Waals surface area contributed by atoms with Gasteiger partial charge in [-0.1, -0.05) is 32.0 Å². The van der Waals surface area contributed by atoms with Crippen LogP contribution in [-0.4, -0.2) is 36.6 Å². The molecule has 0 N–H and O–H groups in total. The highest BCUT2D eigenvalue weighted by Crippen LogP contribution is 2.35. The van der Waals surface area contributed by atoms with Gasteiger partial charge in [0, 0.05) is 37.4 Å². The molecule has 24 heavy (non-hydrogen) atoms. The molecule has 1 aliphatic carbocycles. The van der Waals surface area contributed by atoms with Gasteiger partial charge in [-0.25, -0.2) is 0 Å². The summed E-state index contributed by atoms with van der Waals surface area (Å²) in [5.41, 5.74) is 3.08. The van der Waals surface area contributed by atoms with Crippen molar-refractivity contribution in [3.63, 3.8) is 0 Å². The third kappa shape index (κ3) is 3.22. The molecule has 0 bridgehead atoms. The Morgan fingerprint density at radius 2 is 1.54 bits per heavy atom. The molecule has 2 heterocycles. The molecule has 2 aliphatic heterocycles. The number of para-hydroxylation sites is 1. The second-order valence-electron chi connectivity index (χ2n) is 8.65. The molecule has 2 heteroatoms. The minimum absolute atomic E-state index is 0.775. The van der Waals surface area contributed by atoms with Crippen molar-refractivity contribution in [1.82, 2.24) is 4.90 Å². The number of piperidine rings is 1. The van der Waals surface area contributed by atoms with Crippen molar-refractivity contribution < 1.29 is 0 Å². The first kappa shape index (κ1) is 16.4. The fourth-order valence-electron chi connectivity index (χ4n) is 5.44. The summed E-state index contributed by atoms with van der Waals surface area (Å²) < 4.78 is 0. The second-order valence-corrected chi connectivity index (χ2v) is 8.65. The molecule has 0 unspecified atom stereocenters. The number of benzene rings is 1. The molecule has 0 amide bonds. The smallest absolute Gasteiger partial charge is 0.0402 e. The van der Waals surface area contributed by atoms with Crippen molar-refractivity contribution in [2.45, 2.75) is 70.9 Å². The van der Waals surface area contributed by atoms with Crippen LogP contribution in [0.1, 0.15) is 57.9 Å². The molecule has 132 valence electrons. The Labute approximate surface area is 148 Å². The number of nitrogens with zero attached hydrogens (tertiary/aromatic N) is 2. The maximum Gasteiger partial charge on any atom is 0.0402 e. The van der Waals surface area contributed by atoms with Gasteiger partial charge in [-0.15, -0.1) is 0 Å². The van der Waals surface area contributed by atoms with Crippen LogP contribution in [0.4, 0.5) is 5.69 Å². The molecule has 1 aromatic rings. The summed E-state index contributed by atoms with van der Waals surface area (Å²) in [6, 6.07) is 10.7. The van der Waals surface area contributed by atoms with Gasteiger partial charge in [-0.3, -0.25) is 0 Å². The Kier molecular flexibility index (Phi) is 4.85. The zero-order chi connectivity index (χ0) is 16.5. The minimum atomic E-state index is 0.775. The Morgan fingerprint density at radius 1 is 0.833 bits per heavy atom. The SMILES string of the molecule is CC(C)[C@H]1CC[C@@H](N2CCC(N3CCc4ccccc43)CC2)CC1. The Hall–Kier alpha value is -1.02. The number of fused-ring (bicyclic) bond motifs is 1. The number of hydrogen-bond acceptors (Lipinski definition) is 2. The predicted molar refractivity (Wildman–Crippen MR) is 103 cm³/mol. The number of hydrogen-bond donors (Lipinski definition) is 0. The van der Waals surface area contributed by atoms with Gasteiger partial charge in [0.2, 0.25) is 0 Å². The lowest BCUT2D eigenvalue weighted by molar-refractivity contribution is 0.0978. The third-order valence-corrected chi connectivity index (χ3v) is 7.06. The molecular weight excluding hydrogens is 292 g/mol. The van der Waals surface area contributed by atoms with Gasteiger partial charge in [0.15, 0.2) is 0 Å². The van der Waals surface area contributed by atoms with Crippen molar-refractivity contribution >= 4 is 5.69 Å². The van der Waals surface area contributed by atoms with Crippen LogP contribution in [0.25, 0.3) is 0 Å². The molecular formula is C22H34N2. The van der Waals surface area contributed by atoms with Gasteiger partial charge < -0.3 is 9.80 Å². The molecule has 0 aromatic heterocycles. The molecule has 0 spiro atoms. The predicted octanol–water partition coefficient (Wildman–Crippen LogP) is 4.73. The molecule has 1 saturated heterocycles. The fourth-order valence-corrected chi connectivity index (χ4v) is 5.44. The van der Waals surface area contributed by atoms with Crippen LogP contribution in [0, 0.1) is 11.8 Å². The van der Waals surface area contributed by atoms with Crippen LogP contribution in [-0.2, 0) is 6.42 Å². The number of likely N-dealkylation sites (tertiary alicyclic amines) is 1. The summed E-state index contributed by atoms with van der Waals surface area (Å²) in [6.45, 7) is 8.69. The van der Waals surface area contributed by atoms with E-state index in [1.807, 2.05) is 0 Å². The number of anilines is 1. The van der Waals surface area contributed by atoms with E-state index in [4.69, 9.17) is 0 Å². The van der Waals surface area contributed by atoms with Crippen molar-refractivity contribution in [1.29, 1.82) is 0 Å². The first-order valence-corrected chi connectivity index (χ1v) is 10.3. The molecule has 1 saturated carbocycles. The summed E-state index contributed by atoms with van der Waals surface area (Å²) in [5.74, 6) is 1.87. The van der Waals surface area contributed by atoms with Crippen molar-refractivity contribution in [2.75, 3.05) is 24.5 Å². The minimum Gasteiger partial charge on any atom is -0.368 e. The van der Waals surface area contributed by atoms with Crippen LogP contribution in [0.2, 0.25) is 0 Å². The Balaban J connectivity index is 1.30. The molecule has 2 fully saturated rings. The van der Waals surface area contributed by atoms with E-state index in [1.165, 1.54) is 70.3 Å². The van der Waals surface area contributed by atoms with E-state index in [0.29, 0.717) is 0 Å². The van der Waals surface area contributed by atoms with Gasteiger partial charge in [0.1, 0.15) is 0 Å².